The molecule has 120 valence electrons. The Balaban J connectivity index is 0.00000191. The van der Waals surface area contributed by atoms with Crippen molar-refractivity contribution in [1.29, 1.82) is 0 Å². The van der Waals surface area contributed by atoms with Gasteiger partial charge < -0.3 is 20.1 Å². The third-order valence-electron chi connectivity index (χ3n) is 3.13. The molecule has 0 saturated carbocycles. The maximum atomic E-state index is 10.1. The minimum atomic E-state index is -1.01. The predicted molar refractivity (Wildman–Crippen MR) is 88.3 cm³/mol. The van der Waals surface area contributed by atoms with Gasteiger partial charge in [-0.15, -0.1) is 0 Å². The standard InChI is InChI=1S/C14H23N3O2.C2H6/c1-6-10(4)19-14(18)17-8-9(3)12(11(17)5)13(15)16-7-2;1-2/h7-8,10,14,18H,2,6H2,1,3-5H3,(H2,15,16);1-2H3. The molecule has 2 unspecified atom stereocenters. The molecule has 5 heteroatoms. The van der Waals surface area contributed by atoms with E-state index >= 15 is 0 Å². The van der Waals surface area contributed by atoms with Crippen molar-refractivity contribution in [3.8, 4) is 0 Å². The molecule has 2 atom stereocenters. The number of rotatable bonds is 6. The first-order valence-corrected chi connectivity index (χ1v) is 7.38. The molecule has 1 aromatic heterocycles. The van der Waals surface area contributed by atoms with E-state index < -0.39 is 6.41 Å². The molecular formula is C16H29N3O2. The van der Waals surface area contributed by atoms with Gasteiger partial charge in [-0.25, -0.2) is 4.99 Å². The third-order valence-corrected chi connectivity index (χ3v) is 3.13. The summed E-state index contributed by atoms with van der Waals surface area (Å²) in [7, 11) is 0. The van der Waals surface area contributed by atoms with E-state index in [4.69, 9.17) is 10.5 Å². The molecule has 0 radical (unpaired) electrons. The second-order valence-electron chi connectivity index (χ2n) is 4.56. The predicted octanol–water partition coefficient (Wildman–Crippen LogP) is 3.24. The first-order chi connectivity index (χ1) is 9.92. The second kappa shape index (κ2) is 9.37. The van der Waals surface area contributed by atoms with Crippen molar-refractivity contribution in [3.05, 3.63) is 35.8 Å². The van der Waals surface area contributed by atoms with Crippen LogP contribution in [0.4, 0.5) is 0 Å². The monoisotopic (exact) mass is 295 g/mol. The summed E-state index contributed by atoms with van der Waals surface area (Å²) in [6, 6.07) is 0. The van der Waals surface area contributed by atoms with Gasteiger partial charge in [0.2, 0.25) is 6.41 Å². The number of aliphatic hydroxyl groups is 1. The Morgan fingerprint density at radius 1 is 1.52 bits per heavy atom. The minimum absolute atomic E-state index is 0.0141. The van der Waals surface area contributed by atoms with E-state index in [0.29, 0.717) is 5.84 Å². The first-order valence-electron chi connectivity index (χ1n) is 7.38. The van der Waals surface area contributed by atoms with Crippen molar-refractivity contribution >= 4 is 5.84 Å². The Bertz CT molecular complexity index is 478. The molecule has 0 aliphatic carbocycles. The van der Waals surface area contributed by atoms with Gasteiger partial charge in [-0.3, -0.25) is 0 Å². The Hall–Kier alpha value is -1.59. The van der Waals surface area contributed by atoms with Crippen LogP contribution < -0.4 is 5.73 Å². The van der Waals surface area contributed by atoms with Gasteiger partial charge in [0, 0.05) is 23.7 Å². The summed E-state index contributed by atoms with van der Waals surface area (Å²) in [5.74, 6) is 0.388. The van der Waals surface area contributed by atoms with Crippen molar-refractivity contribution in [2.45, 2.75) is 60.5 Å². The van der Waals surface area contributed by atoms with E-state index in [1.54, 1.807) is 4.57 Å². The van der Waals surface area contributed by atoms with Crippen LogP contribution in [0.25, 0.3) is 0 Å². The van der Waals surface area contributed by atoms with Crippen molar-refractivity contribution < 1.29 is 9.84 Å². The molecule has 1 heterocycles. The minimum Gasteiger partial charge on any atom is -0.383 e. The molecule has 1 rings (SSSR count). The number of ether oxygens (including phenoxy) is 1. The van der Waals surface area contributed by atoms with Gasteiger partial charge in [0.25, 0.3) is 0 Å². The van der Waals surface area contributed by atoms with Gasteiger partial charge in [0.15, 0.2) is 0 Å². The zero-order chi connectivity index (χ0) is 16.6. The lowest BCUT2D eigenvalue weighted by molar-refractivity contribution is -0.180. The van der Waals surface area contributed by atoms with Gasteiger partial charge in [0.05, 0.1) is 6.10 Å². The number of aliphatic imine (C=N–C) groups is 1. The van der Waals surface area contributed by atoms with Gasteiger partial charge in [-0.1, -0.05) is 27.4 Å². The fraction of sp³-hybridized carbons (Fsp3) is 0.562. The van der Waals surface area contributed by atoms with Crippen LogP contribution in [0.5, 0.6) is 0 Å². The van der Waals surface area contributed by atoms with Gasteiger partial charge in [-0.05, 0) is 32.8 Å². The topological polar surface area (TPSA) is 72.8 Å². The molecule has 0 spiro atoms. The maximum Gasteiger partial charge on any atom is 0.241 e. The van der Waals surface area contributed by atoms with Gasteiger partial charge in [0.1, 0.15) is 5.84 Å². The zero-order valence-corrected chi connectivity index (χ0v) is 14.1. The van der Waals surface area contributed by atoms with Crippen molar-refractivity contribution in [3.63, 3.8) is 0 Å². The molecule has 0 aliphatic rings. The van der Waals surface area contributed by atoms with Crippen molar-refractivity contribution in [1.82, 2.24) is 4.57 Å². The number of aryl methyl sites for hydroxylation is 1. The van der Waals surface area contributed by atoms with Crippen LogP contribution >= 0.6 is 0 Å². The maximum absolute atomic E-state index is 10.1. The lowest BCUT2D eigenvalue weighted by atomic mass is 10.1. The third kappa shape index (κ3) is 5.02. The summed E-state index contributed by atoms with van der Waals surface area (Å²) >= 11 is 0. The SMILES string of the molecule is C=CN=C(N)c1c(C)cn(C(O)OC(C)CC)c1C.CC. The number of nitrogens with two attached hydrogens (primary N) is 1. The van der Waals surface area contributed by atoms with Crippen molar-refractivity contribution in [2.75, 3.05) is 0 Å². The average molecular weight is 295 g/mol. The van der Waals surface area contributed by atoms with Crippen LogP contribution in [-0.2, 0) is 4.74 Å². The molecule has 0 amide bonds. The van der Waals surface area contributed by atoms with E-state index in [1.165, 1.54) is 6.20 Å². The first kappa shape index (κ1) is 19.4. The fourth-order valence-electron chi connectivity index (χ4n) is 1.93. The molecule has 5 nitrogen and oxygen atoms in total. The number of aliphatic hydroxyl groups excluding tert-OH is 1. The molecular weight excluding hydrogens is 266 g/mol. The molecule has 3 N–H and O–H groups in total. The smallest absolute Gasteiger partial charge is 0.241 e. The molecule has 0 aromatic carbocycles. The Kier molecular flexibility index (Phi) is 8.66. The van der Waals surface area contributed by atoms with Gasteiger partial charge >= 0.3 is 0 Å². The summed E-state index contributed by atoms with van der Waals surface area (Å²) in [6.45, 7) is 15.2. The lowest BCUT2D eigenvalue weighted by Gasteiger charge is -2.19. The quantitative estimate of drug-likeness (QED) is 0.481. The number of hydrogen-bond acceptors (Lipinski definition) is 3. The Labute approximate surface area is 128 Å². The number of hydrogen-bond donors (Lipinski definition) is 2. The average Bonchev–Trinajstić information content (AvgIpc) is 2.76. The molecule has 0 saturated heterocycles. The zero-order valence-electron chi connectivity index (χ0n) is 14.1. The van der Waals surface area contributed by atoms with Crippen LogP contribution in [0.2, 0.25) is 0 Å². The molecule has 1 aromatic rings. The normalized spacial score (nSPS) is 14.1. The highest BCUT2D eigenvalue weighted by Gasteiger charge is 2.18. The highest BCUT2D eigenvalue weighted by atomic mass is 16.6. The fourth-order valence-corrected chi connectivity index (χ4v) is 1.93. The van der Waals surface area contributed by atoms with Crippen molar-refractivity contribution in [2.24, 2.45) is 10.7 Å². The van der Waals surface area contributed by atoms with Crippen LogP contribution in [0.15, 0.2) is 24.0 Å². The summed E-state index contributed by atoms with van der Waals surface area (Å²) in [6.07, 6.45) is 3.02. The van der Waals surface area contributed by atoms with Gasteiger partial charge in [-0.2, -0.15) is 0 Å². The molecule has 21 heavy (non-hydrogen) atoms. The van der Waals surface area contributed by atoms with Crippen LogP contribution in [0.1, 0.15) is 57.4 Å². The van der Waals surface area contributed by atoms with E-state index in [2.05, 4.69) is 11.6 Å². The summed E-state index contributed by atoms with van der Waals surface area (Å²) in [5.41, 5.74) is 8.46. The van der Waals surface area contributed by atoms with Crippen LogP contribution in [0, 0.1) is 13.8 Å². The lowest BCUT2D eigenvalue weighted by Crippen LogP contribution is -2.20. The Morgan fingerprint density at radius 3 is 2.57 bits per heavy atom. The summed E-state index contributed by atoms with van der Waals surface area (Å²) in [5, 5.41) is 10.1. The van der Waals surface area contributed by atoms with E-state index in [-0.39, 0.29) is 6.10 Å². The second-order valence-corrected chi connectivity index (χ2v) is 4.56. The Morgan fingerprint density at radius 2 is 2.10 bits per heavy atom. The highest BCUT2D eigenvalue weighted by Crippen LogP contribution is 2.21. The molecule has 0 aliphatic heterocycles. The highest BCUT2D eigenvalue weighted by molar-refractivity contribution is 6.00. The largest absolute Gasteiger partial charge is 0.383 e. The van der Waals surface area contributed by atoms with Crippen LogP contribution in [-0.4, -0.2) is 21.6 Å². The van der Waals surface area contributed by atoms with E-state index in [9.17, 15) is 5.11 Å². The summed E-state index contributed by atoms with van der Waals surface area (Å²) < 4.78 is 7.15. The number of aromatic nitrogens is 1. The van der Waals surface area contributed by atoms with E-state index in [0.717, 1.165) is 23.2 Å². The van der Waals surface area contributed by atoms with Crippen LogP contribution in [0.3, 0.4) is 0 Å². The number of amidine groups is 1. The molecule has 0 bridgehead atoms. The van der Waals surface area contributed by atoms with E-state index in [1.807, 2.05) is 47.7 Å². The number of nitrogens with zero attached hydrogens (tertiary/aromatic N) is 2. The molecule has 0 fully saturated rings. The summed E-state index contributed by atoms with van der Waals surface area (Å²) in [4.78, 5) is 3.99.